The minimum atomic E-state index is -1.54. The number of benzene rings is 2. The topological polar surface area (TPSA) is 59.3 Å². The van der Waals surface area contributed by atoms with Crippen LogP contribution in [0.1, 0.15) is 34.5 Å². The Bertz CT molecular complexity index is 885. The molecule has 1 aromatic heterocycles. The number of hydrogen-bond acceptors (Lipinski definition) is 3. The van der Waals surface area contributed by atoms with Gasteiger partial charge >= 0.3 is 0 Å². The van der Waals surface area contributed by atoms with E-state index < -0.39 is 10.8 Å². The van der Waals surface area contributed by atoms with E-state index in [4.69, 9.17) is 4.42 Å². The van der Waals surface area contributed by atoms with Crippen LogP contribution in [-0.4, -0.2) is 10.1 Å². The Hall–Kier alpha value is -2.66. The van der Waals surface area contributed by atoms with E-state index in [1.807, 2.05) is 56.3 Å². The van der Waals surface area contributed by atoms with E-state index in [0.29, 0.717) is 10.5 Å². The summed E-state index contributed by atoms with van der Waals surface area (Å²) in [5.74, 6) is -0.305. The molecule has 5 heteroatoms. The number of carbonyl (C=O) groups is 1. The van der Waals surface area contributed by atoms with Gasteiger partial charge in [-0.3, -0.25) is 4.79 Å². The quantitative estimate of drug-likeness (QED) is 0.746. The highest BCUT2D eigenvalue weighted by Gasteiger charge is 2.22. The fourth-order valence-corrected chi connectivity index (χ4v) is 3.58. The van der Waals surface area contributed by atoms with Crippen LogP contribution in [-0.2, 0) is 10.8 Å². The molecule has 0 aliphatic heterocycles. The molecule has 1 amide bonds. The lowest BCUT2D eigenvalue weighted by Gasteiger charge is -2.14. The number of furan rings is 1. The second kappa shape index (κ2) is 7.49. The van der Waals surface area contributed by atoms with Gasteiger partial charge in [0.05, 0.1) is 17.9 Å². The fourth-order valence-electron chi connectivity index (χ4n) is 2.48. The SMILES string of the molecule is Cc1ccc(S(=O)c2occc2C(=O)NC(C)c2ccccc2)cc1. The first-order valence-corrected chi connectivity index (χ1v) is 9.13. The van der Waals surface area contributed by atoms with E-state index in [0.717, 1.165) is 11.1 Å². The second-order valence-electron chi connectivity index (χ2n) is 5.81. The Morgan fingerprint density at radius 1 is 1.04 bits per heavy atom. The van der Waals surface area contributed by atoms with E-state index in [1.165, 1.54) is 6.26 Å². The minimum absolute atomic E-state index is 0.163. The van der Waals surface area contributed by atoms with Crippen LogP contribution in [0.2, 0.25) is 0 Å². The molecule has 2 atom stereocenters. The number of nitrogens with one attached hydrogen (secondary N) is 1. The maximum absolute atomic E-state index is 12.7. The Kier molecular flexibility index (Phi) is 5.14. The first-order chi connectivity index (χ1) is 12.1. The zero-order chi connectivity index (χ0) is 17.8. The summed E-state index contributed by atoms with van der Waals surface area (Å²) in [6.45, 7) is 3.87. The first kappa shape index (κ1) is 17.2. The van der Waals surface area contributed by atoms with Crippen LogP contribution >= 0.6 is 0 Å². The molecular formula is C20H19NO3S. The Labute approximate surface area is 149 Å². The number of hydrogen-bond donors (Lipinski definition) is 1. The van der Waals surface area contributed by atoms with Crippen molar-refractivity contribution in [2.45, 2.75) is 29.9 Å². The molecular weight excluding hydrogens is 334 g/mol. The number of amides is 1. The summed E-state index contributed by atoms with van der Waals surface area (Å²) in [6.07, 6.45) is 1.39. The van der Waals surface area contributed by atoms with Crippen LogP contribution in [0.3, 0.4) is 0 Å². The number of carbonyl (C=O) groups excluding carboxylic acids is 1. The first-order valence-electron chi connectivity index (χ1n) is 7.98. The van der Waals surface area contributed by atoms with Gasteiger partial charge in [0.2, 0.25) is 5.09 Å². The van der Waals surface area contributed by atoms with E-state index in [-0.39, 0.29) is 17.0 Å². The molecule has 3 rings (SSSR count). The highest BCUT2D eigenvalue weighted by atomic mass is 32.2. The van der Waals surface area contributed by atoms with Crippen molar-refractivity contribution in [1.29, 1.82) is 0 Å². The van der Waals surface area contributed by atoms with Crippen molar-refractivity contribution in [2.24, 2.45) is 0 Å². The van der Waals surface area contributed by atoms with Gasteiger partial charge in [-0.05, 0) is 37.6 Å². The largest absolute Gasteiger partial charge is 0.454 e. The fraction of sp³-hybridized carbons (Fsp3) is 0.150. The van der Waals surface area contributed by atoms with E-state index >= 15 is 0 Å². The van der Waals surface area contributed by atoms with Crippen molar-refractivity contribution in [3.05, 3.63) is 83.6 Å². The van der Waals surface area contributed by atoms with E-state index in [2.05, 4.69) is 5.32 Å². The molecule has 1 heterocycles. The monoisotopic (exact) mass is 353 g/mol. The molecule has 2 aromatic carbocycles. The van der Waals surface area contributed by atoms with Crippen molar-refractivity contribution in [3.63, 3.8) is 0 Å². The van der Waals surface area contributed by atoms with Crippen LogP contribution in [0.4, 0.5) is 0 Å². The van der Waals surface area contributed by atoms with Crippen molar-refractivity contribution in [3.8, 4) is 0 Å². The normalized spacial score (nSPS) is 13.2. The minimum Gasteiger partial charge on any atom is -0.454 e. The van der Waals surface area contributed by atoms with Crippen LogP contribution in [0.15, 0.2) is 81.3 Å². The summed E-state index contributed by atoms with van der Waals surface area (Å²) in [6, 6.07) is 18.4. The molecule has 0 saturated heterocycles. The number of rotatable bonds is 5. The van der Waals surface area contributed by atoms with Crippen molar-refractivity contribution in [1.82, 2.24) is 5.32 Å². The summed E-state index contributed by atoms with van der Waals surface area (Å²) in [7, 11) is -1.54. The van der Waals surface area contributed by atoms with Gasteiger partial charge in [0.1, 0.15) is 10.8 Å². The molecule has 2 unspecified atom stereocenters. The standard InChI is InChI=1S/C20H19NO3S/c1-14-8-10-17(11-9-14)25(23)20-18(12-13-24-20)19(22)21-15(2)16-6-4-3-5-7-16/h3-13,15H,1-2H3,(H,21,22). The van der Waals surface area contributed by atoms with Gasteiger partial charge in [0.15, 0.2) is 0 Å². The van der Waals surface area contributed by atoms with E-state index in [1.54, 1.807) is 18.2 Å². The Morgan fingerprint density at radius 2 is 1.72 bits per heavy atom. The summed E-state index contributed by atoms with van der Waals surface area (Å²) < 4.78 is 18.1. The van der Waals surface area contributed by atoms with Crippen LogP contribution in [0.5, 0.6) is 0 Å². The second-order valence-corrected chi connectivity index (χ2v) is 7.19. The van der Waals surface area contributed by atoms with Gasteiger partial charge in [0, 0.05) is 4.90 Å². The lowest BCUT2D eigenvalue weighted by molar-refractivity contribution is 0.0934. The van der Waals surface area contributed by atoms with Crippen LogP contribution in [0, 0.1) is 6.92 Å². The van der Waals surface area contributed by atoms with Crippen LogP contribution in [0.25, 0.3) is 0 Å². The summed E-state index contributed by atoms with van der Waals surface area (Å²) in [4.78, 5) is 13.2. The highest BCUT2D eigenvalue weighted by Crippen LogP contribution is 2.23. The lowest BCUT2D eigenvalue weighted by Crippen LogP contribution is -2.27. The smallest absolute Gasteiger partial charge is 0.256 e. The van der Waals surface area contributed by atoms with Gasteiger partial charge in [0.25, 0.3) is 5.91 Å². The van der Waals surface area contributed by atoms with Gasteiger partial charge in [-0.15, -0.1) is 0 Å². The Balaban J connectivity index is 1.80. The van der Waals surface area contributed by atoms with Crippen molar-refractivity contribution >= 4 is 16.7 Å². The zero-order valence-electron chi connectivity index (χ0n) is 14.1. The highest BCUT2D eigenvalue weighted by molar-refractivity contribution is 7.85. The third-order valence-corrected chi connectivity index (χ3v) is 5.28. The predicted molar refractivity (Wildman–Crippen MR) is 96.9 cm³/mol. The van der Waals surface area contributed by atoms with Gasteiger partial charge < -0.3 is 9.73 Å². The Morgan fingerprint density at radius 3 is 2.40 bits per heavy atom. The van der Waals surface area contributed by atoms with Gasteiger partial charge in [-0.2, -0.15) is 0 Å². The summed E-state index contributed by atoms with van der Waals surface area (Å²) >= 11 is 0. The molecule has 3 aromatic rings. The maximum atomic E-state index is 12.7. The maximum Gasteiger partial charge on any atom is 0.256 e. The van der Waals surface area contributed by atoms with Crippen molar-refractivity contribution < 1.29 is 13.4 Å². The average molecular weight is 353 g/mol. The van der Waals surface area contributed by atoms with Crippen LogP contribution < -0.4 is 5.32 Å². The van der Waals surface area contributed by atoms with Gasteiger partial charge in [-0.1, -0.05) is 48.0 Å². The van der Waals surface area contributed by atoms with E-state index in [9.17, 15) is 9.00 Å². The molecule has 0 fully saturated rings. The lowest BCUT2D eigenvalue weighted by atomic mass is 10.1. The molecule has 0 spiro atoms. The average Bonchev–Trinajstić information content (AvgIpc) is 3.12. The third kappa shape index (κ3) is 3.88. The molecule has 4 nitrogen and oxygen atoms in total. The molecule has 0 radical (unpaired) electrons. The van der Waals surface area contributed by atoms with Gasteiger partial charge in [-0.25, -0.2) is 4.21 Å². The summed E-state index contributed by atoms with van der Waals surface area (Å²) in [5, 5.41) is 3.09. The summed E-state index contributed by atoms with van der Waals surface area (Å²) in [5.41, 5.74) is 2.37. The molecule has 1 N–H and O–H groups in total. The number of aryl methyl sites for hydroxylation is 1. The zero-order valence-corrected chi connectivity index (χ0v) is 14.9. The predicted octanol–water partition coefficient (Wildman–Crippen LogP) is 4.25. The molecule has 0 bridgehead atoms. The third-order valence-electron chi connectivity index (χ3n) is 3.92. The molecule has 0 aliphatic carbocycles. The molecule has 128 valence electrons. The molecule has 25 heavy (non-hydrogen) atoms. The molecule has 0 aliphatic rings. The van der Waals surface area contributed by atoms with Crippen molar-refractivity contribution in [2.75, 3.05) is 0 Å². The molecule has 0 saturated carbocycles.